The highest BCUT2D eigenvalue weighted by Crippen LogP contribution is 2.39. The number of fused-ring (bicyclic) bond motifs is 2. The van der Waals surface area contributed by atoms with E-state index in [1.807, 2.05) is 0 Å². The quantitative estimate of drug-likeness (QED) is 0.0833. The van der Waals surface area contributed by atoms with Crippen molar-refractivity contribution in [3.63, 3.8) is 0 Å². The monoisotopic (exact) mass is 814 g/mol. The summed E-state index contributed by atoms with van der Waals surface area (Å²) in [5.74, 6) is -1.76. The van der Waals surface area contributed by atoms with E-state index in [0.29, 0.717) is 0 Å². The largest absolute Gasteiger partial charge is 0.506 e. The number of hydrogen-bond acceptors (Lipinski definition) is 11. The summed E-state index contributed by atoms with van der Waals surface area (Å²) in [5, 5.41) is 26.2. The lowest BCUT2D eigenvalue weighted by atomic mass is 10.1. The van der Waals surface area contributed by atoms with Gasteiger partial charge in [-0.15, -0.1) is 0 Å². The normalized spacial score (nSPS) is 12.3. The first kappa shape index (κ1) is 37.8. The van der Waals surface area contributed by atoms with Crippen LogP contribution in [0.25, 0.3) is 21.5 Å². The lowest BCUT2D eigenvalue weighted by molar-refractivity contribution is 0.262. The molecular weight excluding hydrogens is 789 g/mol. The van der Waals surface area contributed by atoms with Crippen LogP contribution < -0.4 is 20.1 Å². The van der Waals surface area contributed by atoms with Crippen molar-refractivity contribution in [3.05, 3.63) is 109 Å². The minimum atomic E-state index is -4.85. The molecule has 21 heteroatoms. The highest BCUT2D eigenvalue weighted by Gasteiger charge is 2.24. The van der Waals surface area contributed by atoms with E-state index in [9.17, 15) is 57.8 Å². The molecule has 0 atom stereocenters. The van der Waals surface area contributed by atoms with Crippen LogP contribution >= 0.6 is 0 Å². The molecule has 17 nitrogen and oxygen atoms in total. The van der Waals surface area contributed by atoms with Gasteiger partial charge in [0.2, 0.25) is 0 Å². The van der Waals surface area contributed by atoms with Crippen LogP contribution in [0.1, 0.15) is 0 Å². The van der Waals surface area contributed by atoms with E-state index in [-0.39, 0.29) is 54.1 Å². The number of hydrogen-bond donors (Lipinski definition) is 8. The molecule has 0 fully saturated rings. The Kier molecular flexibility index (Phi) is 9.64. The van der Waals surface area contributed by atoms with Crippen molar-refractivity contribution in [2.24, 2.45) is 0 Å². The molecule has 6 rings (SSSR count). The van der Waals surface area contributed by atoms with Crippen molar-refractivity contribution in [1.82, 2.24) is 0 Å². The molecule has 6 aromatic carbocycles. The third kappa shape index (κ3) is 7.71. The van der Waals surface area contributed by atoms with Gasteiger partial charge in [0.15, 0.2) is 0 Å². The summed E-state index contributed by atoms with van der Waals surface area (Å²) in [7, 11) is -18.6. The van der Waals surface area contributed by atoms with Crippen LogP contribution in [0.2, 0.25) is 0 Å². The van der Waals surface area contributed by atoms with Gasteiger partial charge in [-0.2, -0.15) is 16.8 Å². The van der Waals surface area contributed by atoms with Gasteiger partial charge in [0.05, 0.1) is 21.2 Å². The zero-order chi connectivity index (χ0) is 39.2. The van der Waals surface area contributed by atoms with Crippen LogP contribution in [0.4, 0.5) is 27.5 Å². The van der Waals surface area contributed by atoms with Crippen molar-refractivity contribution < 1.29 is 57.8 Å². The molecule has 0 aliphatic carbocycles. The summed E-state index contributed by atoms with van der Waals surface area (Å²) in [4.78, 5) is 10.6. The number of nitrogens with one attached hydrogen (secondary N) is 4. The lowest BCUT2D eigenvalue weighted by Crippen LogP contribution is -2.20. The summed E-state index contributed by atoms with van der Waals surface area (Å²) < 4.78 is 124. The Hall–Kier alpha value is -5.97. The first-order chi connectivity index (χ1) is 25.2. The lowest BCUT2D eigenvalue weighted by Gasteiger charge is -2.15. The second kappa shape index (κ2) is 13.8. The molecule has 0 saturated heterocycles. The number of aromatic hydroxyl groups is 2. The Bertz CT molecular complexity index is 2770. The molecule has 0 unspecified atom stereocenters. The van der Waals surface area contributed by atoms with E-state index in [0.717, 1.165) is 24.3 Å². The molecular formula is C33H26N4O13S4. The van der Waals surface area contributed by atoms with Crippen molar-refractivity contribution in [1.29, 1.82) is 0 Å². The van der Waals surface area contributed by atoms with Crippen molar-refractivity contribution in [3.8, 4) is 11.5 Å². The van der Waals surface area contributed by atoms with Crippen LogP contribution in [0, 0.1) is 0 Å². The van der Waals surface area contributed by atoms with Crippen LogP contribution in [0.3, 0.4) is 0 Å². The molecule has 0 saturated carbocycles. The fraction of sp³-hybridized carbons (Fsp3) is 0. The molecule has 0 aliphatic heterocycles. The maximum Gasteiger partial charge on any atom is 0.323 e. The molecule has 0 bridgehead atoms. The zero-order valence-corrected chi connectivity index (χ0v) is 30.3. The van der Waals surface area contributed by atoms with E-state index in [1.54, 1.807) is 0 Å². The number of phenols is 2. The molecule has 0 radical (unpaired) electrons. The fourth-order valence-electron chi connectivity index (χ4n) is 5.45. The highest BCUT2D eigenvalue weighted by molar-refractivity contribution is 7.93. The Balaban J connectivity index is 1.20. The standard InChI is InChI=1S/C33H26N4O13S4/c38-31-27(53(45,46)47)15-13-19-5-1-11-25(29(19)31)36-51(41,42)23-9-3-7-21(17-23)34-33(40)35-22-8-4-10-24(18-22)52(43,44)37-26-12-2-6-20-14-16-28(54(48,49)50)32(39)30(20)26/h1-18,36-39H,(H2,34,35,40)(H,45,46,47)(H,48,49,50). The average Bonchev–Trinajstić information content (AvgIpc) is 3.07. The van der Waals surface area contributed by atoms with Crippen molar-refractivity contribution >= 4 is 90.6 Å². The predicted octanol–water partition coefficient (Wildman–Crippen LogP) is 5.14. The Morgan fingerprint density at radius 2 is 0.852 bits per heavy atom. The summed E-state index contributed by atoms with van der Waals surface area (Å²) in [5.41, 5.74) is -0.461. The fourth-order valence-corrected chi connectivity index (χ4v) is 8.86. The summed E-state index contributed by atoms with van der Waals surface area (Å²) in [6.45, 7) is 0. The maximum absolute atomic E-state index is 13.4. The van der Waals surface area contributed by atoms with Crippen molar-refractivity contribution in [2.45, 2.75) is 19.6 Å². The first-order valence-corrected chi connectivity index (χ1v) is 20.9. The number of rotatable bonds is 10. The molecule has 0 spiro atoms. The van der Waals surface area contributed by atoms with Gasteiger partial charge in [0.25, 0.3) is 40.3 Å². The van der Waals surface area contributed by atoms with Gasteiger partial charge in [-0.1, -0.05) is 48.5 Å². The number of phenolic OH excluding ortho intramolecular Hbond substituents is 2. The molecule has 2 amide bonds. The van der Waals surface area contributed by atoms with E-state index in [1.165, 1.54) is 84.9 Å². The number of carbonyl (C=O) groups excluding carboxylic acids is 1. The Morgan fingerprint density at radius 3 is 1.22 bits per heavy atom. The predicted molar refractivity (Wildman–Crippen MR) is 198 cm³/mol. The third-order valence-corrected chi connectivity index (χ3v) is 12.3. The van der Waals surface area contributed by atoms with Gasteiger partial charge in [-0.3, -0.25) is 18.5 Å². The van der Waals surface area contributed by atoms with Crippen LogP contribution in [-0.2, 0) is 40.3 Å². The van der Waals surface area contributed by atoms with Gasteiger partial charge in [-0.05, 0) is 71.4 Å². The number of sulfonamides is 2. The Morgan fingerprint density at radius 1 is 0.481 bits per heavy atom. The van der Waals surface area contributed by atoms with E-state index in [2.05, 4.69) is 20.1 Å². The number of urea groups is 1. The zero-order valence-electron chi connectivity index (χ0n) is 27.0. The second-order valence-corrected chi connectivity index (χ2v) is 17.6. The topological polar surface area (TPSA) is 283 Å². The second-order valence-electron chi connectivity index (χ2n) is 11.4. The summed E-state index contributed by atoms with van der Waals surface area (Å²) >= 11 is 0. The van der Waals surface area contributed by atoms with E-state index in [4.69, 9.17) is 0 Å². The SMILES string of the molecule is O=C(Nc1cccc(S(=O)(=O)Nc2cccc3ccc(S(=O)(=O)O)c(O)c23)c1)Nc1cccc(S(=O)(=O)Nc2cccc3ccc(S(=O)(=O)O)c(O)c23)c1. The highest BCUT2D eigenvalue weighted by atomic mass is 32.2. The van der Waals surface area contributed by atoms with Crippen LogP contribution in [0.15, 0.2) is 129 Å². The van der Waals surface area contributed by atoms with Gasteiger partial charge in [0, 0.05) is 22.1 Å². The number of carbonyl (C=O) groups is 1. The summed E-state index contributed by atoms with van der Waals surface area (Å²) in [6, 6.07) is 21.8. The molecule has 0 heterocycles. The number of amides is 2. The third-order valence-electron chi connectivity index (χ3n) is 7.81. The molecule has 0 aromatic heterocycles. The van der Waals surface area contributed by atoms with Gasteiger partial charge in [-0.25, -0.2) is 21.6 Å². The molecule has 0 aliphatic rings. The summed E-state index contributed by atoms with van der Waals surface area (Å²) in [6.07, 6.45) is 0. The minimum Gasteiger partial charge on any atom is -0.506 e. The molecule has 6 aromatic rings. The van der Waals surface area contributed by atoms with Crippen LogP contribution in [-0.4, -0.2) is 59.0 Å². The smallest absolute Gasteiger partial charge is 0.323 e. The number of anilines is 4. The average molecular weight is 815 g/mol. The van der Waals surface area contributed by atoms with Gasteiger partial charge in [0.1, 0.15) is 21.3 Å². The van der Waals surface area contributed by atoms with E-state index >= 15 is 0 Å². The minimum absolute atomic E-state index is 0.0183. The van der Waals surface area contributed by atoms with Crippen molar-refractivity contribution in [2.75, 3.05) is 20.1 Å². The van der Waals surface area contributed by atoms with E-state index < -0.39 is 67.6 Å². The molecule has 54 heavy (non-hydrogen) atoms. The Labute approximate surface area is 307 Å². The number of benzene rings is 6. The first-order valence-electron chi connectivity index (χ1n) is 15.0. The molecule has 8 N–H and O–H groups in total. The van der Waals surface area contributed by atoms with Crippen LogP contribution in [0.5, 0.6) is 11.5 Å². The molecule has 280 valence electrons. The van der Waals surface area contributed by atoms with Gasteiger partial charge < -0.3 is 20.8 Å². The maximum atomic E-state index is 13.4. The van der Waals surface area contributed by atoms with Gasteiger partial charge >= 0.3 is 6.03 Å².